The van der Waals surface area contributed by atoms with Crippen LogP contribution in [0.4, 0.5) is 0 Å². The Balaban J connectivity index is 1.55. The molecule has 2 heterocycles. The second-order valence-corrected chi connectivity index (χ2v) is 8.77. The van der Waals surface area contributed by atoms with Crippen molar-refractivity contribution in [3.63, 3.8) is 0 Å². The Labute approximate surface area is 179 Å². The van der Waals surface area contributed by atoms with Crippen molar-refractivity contribution in [2.45, 2.75) is 12.8 Å². The van der Waals surface area contributed by atoms with Gasteiger partial charge in [-0.15, -0.1) is 0 Å². The first-order valence-electron chi connectivity index (χ1n) is 10.9. The monoisotopic (exact) mass is 394 g/mol. The zero-order chi connectivity index (χ0) is 20.1. The maximum atomic E-state index is 5.22. The lowest BCUT2D eigenvalue weighted by atomic mass is 9.97. The fraction of sp³-hybridized carbons (Fsp3) is 0.0690. The van der Waals surface area contributed by atoms with E-state index < -0.39 is 0 Å². The molecule has 2 heteroatoms. The van der Waals surface area contributed by atoms with Crippen LogP contribution in [0.1, 0.15) is 22.4 Å². The second kappa shape index (κ2) is 5.41. The van der Waals surface area contributed by atoms with E-state index in [1.54, 1.807) is 0 Å². The molecule has 0 saturated heterocycles. The van der Waals surface area contributed by atoms with E-state index in [9.17, 15) is 0 Å². The van der Waals surface area contributed by atoms with Gasteiger partial charge in [0.15, 0.2) is 0 Å². The highest BCUT2D eigenvalue weighted by molar-refractivity contribution is 6.12. The third kappa shape index (κ3) is 1.87. The van der Waals surface area contributed by atoms with Gasteiger partial charge in [-0.25, -0.2) is 4.98 Å². The third-order valence-electron chi connectivity index (χ3n) is 7.22. The number of para-hydroxylation sites is 1. The van der Waals surface area contributed by atoms with E-state index >= 15 is 0 Å². The molecule has 8 rings (SSSR count). The normalized spacial score (nSPS) is 13.5. The number of benzene rings is 4. The van der Waals surface area contributed by atoms with Gasteiger partial charge in [-0.1, -0.05) is 78.9 Å². The van der Waals surface area contributed by atoms with E-state index in [0.29, 0.717) is 0 Å². The van der Waals surface area contributed by atoms with E-state index in [4.69, 9.17) is 4.98 Å². The first-order chi connectivity index (χ1) is 15.4. The van der Waals surface area contributed by atoms with Crippen LogP contribution in [0.2, 0.25) is 0 Å². The molecule has 0 amide bonds. The fourth-order valence-corrected chi connectivity index (χ4v) is 5.95. The number of nitrogens with zero attached hydrogens (tertiary/aromatic N) is 2. The highest BCUT2D eigenvalue weighted by atomic mass is 15.0. The van der Waals surface area contributed by atoms with Crippen LogP contribution in [0.3, 0.4) is 0 Å². The molecular formula is C29H18N2. The van der Waals surface area contributed by atoms with E-state index in [2.05, 4.69) is 89.3 Å². The van der Waals surface area contributed by atoms with Crippen molar-refractivity contribution in [2.24, 2.45) is 0 Å². The van der Waals surface area contributed by atoms with E-state index in [0.717, 1.165) is 18.5 Å². The van der Waals surface area contributed by atoms with Gasteiger partial charge in [0.2, 0.25) is 0 Å². The molecule has 4 aromatic carbocycles. The Morgan fingerprint density at radius 3 is 2.32 bits per heavy atom. The maximum absolute atomic E-state index is 5.22. The van der Waals surface area contributed by atoms with Gasteiger partial charge < -0.3 is 0 Å². The quantitative estimate of drug-likeness (QED) is 0.259. The van der Waals surface area contributed by atoms with Gasteiger partial charge in [0.05, 0.1) is 16.9 Å². The minimum atomic E-state index is 0.915. The molecule has 0 bridgehead atoms. The highest BCUT2D eigenvalue weighted by Crippen LogP contribution is 2.48. The Bertz CT molecular complexity index is 1740. The summed E-state index contributed by atoms with van der Waals surface area (Å²) in [5.41, 5.74) is 13.3. The molecule has 0 spiro atoms. The number of imidazole rings is 1. The van der Waals surface area contributed by atoms with Gasteiger partial charge in [0, 0.05) is 22.8 Å². The lowest BCUT2D eigenvalue weighted by molar-refractivity contribution is 1.16. The molecule has 0 atom stereocenters. The summed E-state index contributed by atoms with van der Waals surface area (Å²) in [6.07, 6.45) is 1.92. The van der Waals surface area contributed by atoms with E-state index in [1.165, 1.54) is 66.4 Å². The summed E-state index contributed by atoms with van der Waals surface area (Å²) < 4.78 is 2.43. The molecule has 6 aromatic rings. The van der Waals surface area contributed by atoms with Gasteiger partial charge in [-0.3, -0.25) is 4.40 Å². The molecular weight excluding hydrogens is 376 g/mol. The SMILES string of the molecule is c1ccc2c(c1)Cc1c-2ccc2c1-c1c(nc3c4ccccc4c4ccccc4n13)C2. The van der Waals surface area contributed by atoms with Gasteiger partial charge >= 0.3 is 0 Å². The number of aromatic nitrogens is 2. The predicted octanol–water partition coefficient (Wildman–Crippen LogP) is 6.78. The van der Waals surface area contributed by atoms with Crippen LogP contribution in [0, 0.1) is 0 Å². The van der Waals surface area contributed by atoms with Crippen molar-refractivity contribution >= 4 is 27.3 Å². The highest BCUT2D eigenvalue weighted by Gasteiger charge is 2.32. The summed E-state index contributed by atoms with van der Waals surface area (Å²) in [4.78, 5) is 5.22. The van der Waals surface area contributed by atoms with Crippen LogP contribution in [0.15, 0.2) is 84.9 Å². The molecule has 0 N–H and O–H groups in total. The molecule has 2 aliphatic rings. The largest absolute Gasteiger partial charge is 0.291 e. The predicted molar refractivity (Wildman–Crippen MR) is 127 cm³/mol. The first-order valence-corrected chi connectivity index (χ1v) is 10.9. The average Bonchev–Trinajstić information content (AvgIpc) is 3.48. The third-order valence-corrected chi connectivity index (χ3v) is 7.22. The van der Waals surface area contributed by atoms with Gasteiger partial charge in [0.25, 0.3) is 0 Å². The molecule has 2 aliphatic carbocycles. The average molecular weight is 394 g/mol. The number of hydrogen-bond donors (Lipinski definition) is 0. The smallest absolute Gasteiger partial charge is 0.145 e. The molecule has 2 nitrogen and oxygen atoms in total. The van der Waals surface area contributed by atoms with Crippen molar-refractivity contribution in [2.75, 3.05) is 0 Å². The van der Waals surface area contributed by atoms with Crippen LogP contribution in [-0.2, 0) is 12.8 Å². The topological polar surface area (TPSA) is 17.3 Å². The summed E-state index contributed by atoms with van der Waals surface area (Å²) >= 11 is 0. The molecule has 2 aromatic heterocycles. The Hall–Kier alpha value is -3.91. The number of hydrogen-bond acceptors (Lipinski definition) is 1. The molecule has 144 valence electrons. The Kier molecular flexibility index (Phi) is 2.77. The van der Waals surface area contributed by atoms with Crippen molar-refractivity contribution in [3.05, 3.63) is 107 Å². The summed E-state index contributed by atoms with van der Waals surface area (Å²) in [5, 5.41) is 3.79. The van der Waals surface area contributed by atoms with Gasteiger partial charge in [0.1, 0.15) is 5.65 Å². The number of pyridine rings is 1. The van der Waals surface area contributed by atoms with Crippen molar-refractivity contribution < 1.29 is 0 Å². The summed E-state index contributed by atoms with van der Waals surface area (Å²) in [6, 6.07) is 31.0. The first kappa shape index (κ1) is 15.9. The Morgan fingerprint density at radius 2 is 1.39 bits per heavy atom. The van der Waals surface area contributed by atoms with Crippen LogP contribution < -0.4 is 0 Å². The minimum absolute atomic E-state index is 0.915. The van der Waals surface area contributed by atoms with Gasteiger partial charge in [-0.2, -0.15) is 0 Å². The molecule has 0 aliphatic heterocycles. The van der Waals surface area contributed by atoms with E-state index in [1.807, 2.05) is 0 Å². The van der Waals surface area contributed by atoms with Crippen LogP contribution in [-0.4, -0.2) is 9.38 Å². The standard InChI is InChI=1S/C29H18N2/c1-2-8-19-17(7-1)15-24-21(19)14-13-18-16-25-28(27(18)24)31-26-12-6-5-10-22(26)20-9-3-4-11-23(20)29(31)30-25/h1-14H,15-16H2. The fourth-order valence-electron chi connectivity index (χ4n) is 5.95. The lowest BCUT2D eigenvalue weighted by Crippen LogP contribution is -1.96. The van der Waals surface area contributed by atoms with E-state index in [-0.39, 0.29) is 0 Å². The van der Waals surface area contributed by atoms with Crippen molar-refractivity contribution in [1.82, 2.24) is 9.38 Å². The number of rotatable bonds is 0. The molecule has 0 saturated carbocycles. The molecule has 0 unspecified atom stereocenters. The Morgan fingerprint density at radius 1 is 0.613 bits per heavy atom. The lowest BCUT2D eigenvalue weighted by Gasteiger charge is -2.13. The minimum Gasteiger partial charge on any atom is -0.291 e. The van der Waals surface area contributed by atoms with Crippen molar-refractivity contribution in [1.29, 1.82) is 0 Å². The van der Waals surface area contributed by atoms with Crippen molar-refractivity contribution in [3.8, 4) is 22.4 Å². The molecule has 0 radical (unpaired) electrons. The van der Waals surface area contributed by atoms with Gasteiger partial charge in [-0.05, 0) is 45.7 Å². The molecule has 0 fully saturated rings. The number of fused-ring (bicyclic) bond motifs is 14. The second-order valence-electron chi connectivity index (χ2n) is 8.77. The van der Waals surface area contributed by atoms with Crippen LogP contribution >= 0.6 is 0 Å². The van der Waals surface area contributed by atoms with Crippen LogP contribution in [0.25, 0.3) is 49.7 Å². The summed E-state index contributed by atoms with van der Waals surface area (Å²) in [5.74, 6) is 0. The zero-order valence-electron chi connectivity index (χ0n) is 16.9. The summed E-state index contributed by atoms with van der Waals surface area (Å²) in [6.45, 7) is 0. The van der Waals surface area contributed by atoms with Crippen LogP contribution in [0.5, 0.6) is 0 Å². The molecule has 31 heavy (non-hydrogen) atoms. The summed E-state index contributed by atoms with van der Waals surface area (Å²) in [7, 11) is 0. The maximum Gasteiger partial charge on any atom is 0.145 e. The zero-order valence-corrected chi connectivity index (χ0v) is 16.9.